The highest BCUT2D eigenvalue weighted by atomic mass is 32.2. The quantitative estimate of drug-likeness (QED) is 0.646. The van der Waals surface area contributed by atoms with E-state index in [1.54, 1.807) is 0 Å². The maximum Gasteiger partial charge on any atom is 0.160 e. The third-order valence-corrected chi connectivity index (χ3v) is 6.36. The summed E-state index contributed by atoms with van der Waals surface area (Å²) in [6.45, 7) is 11.6. The molecule has 0 radical (unpaired) electrons. The van der Waals surface area contributed by atoms with Crippen LogP contribution in [0.3, 0.4) is 0 Å². The summed E-state index contributed by atoms with van der Waals surface area (Å²) in [5.74, 6) is 0.866. The average Bonchev–Trinajstić information content (AvgIpc) is 2.72. The van der Waals surface area contributed by atoms with E-state index in [0.29, 0.717) is 18.1 Å². The fourth-order valence-corrected chi connectivity index (χ4v) is 5.80. The molecular weight excluding hydrogens is 288 g/mol. The lowest BCUT2D eigenvalue weighted by Gasteiger charge is -2.33. The van der Waals surface area contributed by atoms with Gasteiger partial charge in [0.25, 0.3) is 0 Å². The minimum Gasteiger partial charge on any atom is -0.345 e. The van der Waals surface area contributed by atoms with Gasteiger partial charge < -0.3 is 4.90 Å². The van der Waals surface area contributed by atoms with Gasteiger partial charge in [-0.1, -0.05) is 57.2 Å². The third-order valence-electron chi connectivity index (χ3n) is 5.02. The van der Waals surface area contributed by atoms with Gasteiger partial charge in [0.2, 0.25) is 0 Å². The van der Waals surface area contributed by atoms with E-state index in [1.807, 2.05) is 0 Å². The molecule has 3 atom stereocenters. The second kappa shape index (κ2) is 8.61. The molecule has 1 saturated heterocycles. The van der Waals surface area contributed by atoms with Crippen LogP contribution in [0.2, 0.25) is 0 Å². The molecule has 1 heterocycles. The Balaban J connectivity index is 2.19. The first-order valence-corrected chi connectivity index (χ1v) is 10.4. The van der Waals surface area contributed by atoms with Crippen LogP contribution in [0.1, 0.15) is 86.0 Å². The summed E-state index contributed by atoms with van der Waals surface area (Å²) >= 11 is 2.08. The lowest BCUT2D eigenvalue weighted by Crippen LogP contribution is -2.42. The molecule has 0 aromatic carbocycles. The van der Waals surface area contributed by atoms with Gasteiger partial charge in [-0.05, 0) is 46.5 Å². The molecule has 2 nitrogen and oxygen atoms in total. The molecule has 0 bridgehead atoms. The Hall–Kier alpha value is -0.180. The van der Waals surface area contributed by atoms with Crippen molar-refractivity contribution in [3.63, 3.8) is 0 Å². The molecule has 0 aromatic heterocycles. The van der Waals surface area contributed by atoms with Gasteiger partial charge in [0, 0.05) is 23.4 Å². The first kappa shape index (κ1) is 18.2. The Morgan fingerprint density at radius 3 is 2.27 bits per heavy atom. The second-order valence-electron chi connectivity index (χ2n) is 7.92. The van der Waals surface area contributed by atoms with E-state index in [9.17, 15) is 0 Å². The number of hydrogen-bond acceptors (Lipinski definition) is 2. The maximum absolute atomic E-state index is 4.96. The predicted molar refractivity (Wildman–Crippen MR) is 101 cm³/mol. The number of nitrogens with zero attached hydrogens (tertiary/aromatic N) is 2. The minimum absolute atomic E-state index is 0.402. The summed E-state index contributed by atoms with van der Waals surface area (Å²) in [6, 6.07) is 1.68. The van der Waals surface area contributed by atoms with Crippen molar-refractivity contribution < 1.29 is 0 Å². The zero-order chi connectivity index (χ0) is 16.1. The summed E-state index contributed by atoms with van der Waals surface area (Å²) < 4.78 is 0. The van der Waals surface area contributed by atoms with E-state index < -0.39 is 0 Å². The molecule has 2 aliphatic rings. The van der Waals surface area contributed by atoms with Crippen molar-refractivity contribution >= 4 is 16.9 Å². The van der Waals surface area contributed by atoms with Crippen LogP contribution < -0.4 is 0 Å². The Bertz CT molecular complexity index is 364. The van der Waals surface area contributed by atoms with Crippen molar-refractivity contribution in [3.05, 3.63) is 0 Å². The van der Waals surface area contributed by atoms with E-state index in [1.165, 1.54) is 56.5 Å². The number of amidine groups is 1. The molecule has 0 N–H and O–H groups in total. The summed E-state index contributed by atoms with van der Waals surface area (Å²) in [6.07, 6.45) is 11.3. The highest BCUT2D eigenvalue weighted by Gasteiger charge is 2.40. The van der Waals surface area contributed by atoms with Crippen LogP contribution in [0.15, 0.2) is 4.99 Å². The number of hydrogen-bond donors (Lipinski definition) is 0. The number of thioether (sulfide) groups is 1. The number of rotatable bonds is 2. The topological polar surface area (TPSA) is 15.6 Å². The van der Waals surface area contributed by atoms with Gasteiger partial charge in [-0.15, -0.1) is 0 Å². The van der Waals surface area contributed by atoms with E-state index in [-0.39, 0.29) is 0 Å². The van der Waals surface area contributed by atoms with Crippen LogP contribution in [0.25, 0.3) is 0 Å². The summed E-state index contributed by atoms with van der Waals surface area (Å²) in [4.78, 5) is 7.61. The Kier molecular flexibility index (Phi) is 7.11. The largest absolute Gasteiger partial charge is 0.345 e. The number of fused-ring (bicyclic) bond motifs is 1. The normalized spacial score (nSPS) is 33.3. The van der Waals surface area contributed by atoms with Gasteiger partial charge in [0.1, 0.15) is 0 Å². The monoisotopic (exact) mass is 324 g/mol. The Morgan fingerprint density at radius 2 is 1.64 bits per heavy atom. The fraction of sp³-hybridized carbons (Fsp3) is 0.947. The van der Waals surface area contributed by atoms with Crippen LogP contribution in [0, 0.1) is 5.92 Å². The SMILES string of the molecule is CC1CCCCCCCC2C(C1)S/C(=N\C(C)C)N2C(C)C. The Morgan fingerprint density at radius 1 is 1.00 bits per heavy atom. The standard InChI is InChI=1S/C19H36N2S/c1-14(2)20-19-21(15(3)4)17-12-10-8-6-7-9-11-16(5)13-18(17)22-19/h14-18H,6-13H2,1-5H3/b20-19-. The maximum atomic E-state index is 4.96. The Labute approximate surface area is 142 Å². The zero-order valence-electron chi connectivity index (χ0n) is 15.3. The fourth-order valence-electron chi connectivity index (χ4n) is 3.94. The van der Waals surface area contributed by atoms with Crippen molar-refractivity contribution in [1.82, 2.24) is 4.90 Å². The molecule has 2 rings (SSSR count). The highest BCUT2D eigenvalue weighted by molar-refractivity contribution is 8.14. The lowest BCUT2D eigenvalue weighted by atomic mass is 9.94. The predicted octanol–water partition coefficient (Wildman–Crippen LogP) is 5.72. The van der Waals surface area contributed by atoms with Crippen LogP contribution in [0.4, 0.5) is 0 Å². The lowest BCUT2D eigenvalue weighted by molar-refractivity contribution is 0.241. The minimum atomic E-state index is 0.402. The highest BCUT2D eigenvalue weighted by Crippen LogP contribution is 2.40. The van der Waals surface area contributed by atoms with Crippen molar-refractivity contribution in [3.8, 4) is 0 Å². The van der Waals surface area contributed by atoms with Crippen molar-refractivity contribution in [2.75, 3.05) is 0 Å². The molecule has 3 heteroatoms. The van der Waals surface area contributed by atoms with Gasteiger partial charge >= 0.3 is 0 Å². The molecular formula is C19H36N2S. The summed E-state index contributed by atoms with van der Waals surface area (Å²) in [5, 5.41) is 2.08. The van der Waals surface area contributed by atoms with Crippen LogP contribution >= 0.6 is 11.8 Å². The molecule has 3 unspecified atom stereocenters. The first-order chi connectivity index (χ1) is 10.5. The van der Waals surface area contributed by atoms with Crippen LogP contribution in [-0.4, -0.2) is 33.4 Å². The third kappa shape index (κ3) is 4.91. The smallest absolute Gasteiger partial charge is 0.160 e. The molecule has 128 valence electrons. The molecule has 1 aliphatic carbocycles. The van der Waals surface area contributed by atoms with Gasteiger partial charge in [-0.2, -0.15) is 0 Å². The average molecular weight is 325 g/mol. The second-order valence-corrected chi connectivity index (χ2v) is 9.12. The molecule has 0 aromatic rings. The first-order valence-electron chi connectivity index (χ1n) is 9.51. The zero-order valence-corrected chi connectivity index (χ0v) is 16.2. The van der Waals surface area contributed by atoms with E-state index >= 15 is 0 Å². The molecule has 2 fully saturated rings. The van der Waals surface area contributed by atoms with Crippen molar-refractivity contribution in [2.45, 2.75) is 109 Å². The summed E-state index contributed by atoms with van der Waals surface area (Å²) in [5.41, 5.74) is 0. The van der Waals surface area contributed by atoms with E-state index in [0.717, 1.165) is 11.2 Å². The van der Waals surface area contributed by atoms with Crippen LogP contribution in [-0.2, 0) is 0 Å². The van der Waals surface area contributed by atoms with Gasteiger partial charge in [0.15, 0.2) is 5.17 Å². The molecule has 0 spiro atoms. The van der Waals surface area contributed by atoms with Crippen molar-refractivity contribution in [2.24, 2.45) is 10.9 Å². The van der Waals surface area contributed by atoms with Crippen LogP contribution in [0.5, 0.6) is 0 Å². The summed E-state index contributed by atoms with van der Waals surface area (Å²) in [7, 11) is 0. The molecule has 22 heavy (non-hydrogen) atoms. The molecule has 0 amide bonds. The molecule has 1 aliphatic heterocycles. The van der Waals surface area contributed by atoms with E-state index in [2.05, 4.69) is 51.3 Å². The molecule has 1 saturated carbocycles. The van der Waals surface area contributed by atoms with Crippen molar-refractivity contribution in [1.29, 1.82) is 0 Å². The number of aliphatic imine (C=N–C) groups is 1. The van der Waals surface area contributed by atoms with Gasteiger partial charge in [0.05, 0.1) is 0 Å². The van der Waals surface area contributed by atoms with E-state index in [4.69, 9.17) is 4.99 Å². The van der Waals surface area contributed by atoms with Gasteiger partial charge in [-0.25, -0.2) is 0 Å². The van der Waals surface area contributed by atoms with Gasteiger partial charge in [-0.3, -0.25) is 4.99 Å².